The van der Waals surface area contributed by atoms with E-state index >= 15 is 0 Å². The maximum atomic E-state index is 12.1. The Morgan fingerprint density at radius 2 is 2.18 bits per heavy atom. The third-order valence-corrected chi connectivity index (χ3v) is 5.07. The fourth-order valence-electron chi connectivity index (χ4n) is 1.49. The Hall–Kier alpha value is -1.56. The van der Waals surface area contributed by atoms with Crippen LogP contribution in [0.1, 0.15) is 6.42 Å². The summed E-state index contributed by atoms with van der Waals surface area (Å²) < 4.78 is 27.0. The maximum Gasteiger partial charge on any atom is 0.244 e. The predicted octanol–water partition coefficient (Wildman–Crippen LogP) is 1.19. The van der Waals surface area contributed by atoms with Crippen molar-refractivity contribution in [3.05, 3.63) is 28.3 Å². The molecule has 0 spiro atoms. The minimum absolute atomic E-state index is 0.0276. The number of sulfonamides is 1. The molecule has 0 aromatic carbocycles. The molecule has 0 aliphatic carbocycles. The van der Waals surface area contributed by atoms with Crippen LogP contribution in [0.2, 0.25) is 0 Å². The molecular weight excluding hydrogens is 394 g/mol. The van der Waals surface area contributed by atoms with Crippen LogP contribution < -0.4 is 15.8 Å². The van der Waals surface area contributed by atoms with Gasteiger partial charge < -0.3 is 11.1 Å². The van der Waals surface area contributed by atoms with Crippen molar-refractivity contribution in [2.24, 2.45) is 0 Å². The van der Waals surface area contributed by atoms with Crippen LogP contribution in [0.5, 0.6) is 0 Å². The van der Waals surface area contributed by atoms with Crippen molar-refractivity contribution in [2.75, 3.05) is 17.6 Å². The summed E-state index contributed by atoms with van der Waals surface area (Å²) in [5.74, 6) is -0.444. The SMILES string of the molecule is Nc1ncc(Br)cc1S(=O)(=O)NCCC(=O)Nc1nccs1. The number of nitrogen functional groups attached to an aromatic ring is 1. The first-order valence-corrected chi connectivity index (χ1v) is 9.14. The van der Waals surface area contributed by atoms with Crippen LogP contribution in [0.15, 0.2) is 33.2 Å². The van der Waals surface area contributed by atoms with Gasteiger partial charge in [-0.1, -0.05) is 0 Å². The quantitative estimate of drug-likeness (QED) is 0.662. The fraction of sp³-hybridized carbons (Fsp3) is 0.182. The second-order valence-electron chi connectivity index (χ2n) is 4.07. The summed E-state index contributed by atoms with van der Waals surface area (Å²) >= 11 is 4.41. The lowest BCUT2D eigenvalue weighted by atomic mass is 10.4. The molecule has 1 amide bonds. The lowest BCUT2D eigenvalue weighted by Crippen LogP contribution is -2.28. The van der Waals surface area contributed by atoms with E-state index in [1.807, 2.05) is 0 Å². The van der Waals surface area contributed by atoms with Crippen LogP contribution in [0.4, 0.5) is 10.9 Å². The number of nitrogens with one attached hydrogen (secondary N) is 2. The van der Waals surface area contributed by atoms with Crippen LogP contribution >= 0.6 is 27.3 Å². The van der Waals surface area contributed by atoms with Gasteiger partial charge in [-0.25, -0.2) is 23.1 Å². The average Bonchev–Trinajstić information content (AvgIpc) is 2.94. The number of pyridine rings is 1. The lowest BCUT2D eigenvalue weighted by Gasteiger charge is -2.08. The van der Waals surface area contributed by atoms with Crippen molar-refractivity contribution >= 4 is 54.1 Å². The van der Waals surface area contributed by atoms with Gasteiger partial charge in [-0.2, -0.15) is 0 Å². The van der Waals surface area contributed by atoms with Crippen molar-refractivity contribution in [3.63, 3.8) is 0 Å². The largest absolute Gasteiger partial charge is 0.383 e. The standard InChI is InChI=1S/C11H12BrN5O3S2/c12-7-5-8(10(13)15-6-7)22(19,20)16-2-1-9(18)17-11-14-3-4-21-11/h3-6,16H,1-2H2,(H2,13,15)(H,14,17,18). The highest BCUT2D eigenvalue weighted by Crippen LogP contribution is 2.20. The van der Waals surface area contributed by atoms with Gasteiger partial charge in [0.2, 0.25) is 15.9 Å². The van der Waals surface area contributed by atoms with Gasteiger partial charge in [0.1, 0.15) is 10.7 Å². The van der Waals surface area contributed by atoms with Crippen molar-refractivity contribution < 1.29 is 13.2 Å². The Morgan fingerprint density at radius 1 is 1.41 bits per heavy atom. The first-order chi connectivity index (χ1) is 10.4. The van der Waals surface area contributed by atoms with E-state index in [0.29, 0.717) is 9.60 Å². The van der Waals surface area contributed by atoms with Crippen LogP contribution in [0, 0.1) is 0 Å². The molecule has 2 heterocycles. The van der Waals surface area contributed by atoms with Gasteiger partial charge in [-0.15, -0.1) is 11.3 Å². The number of nitrogens with zero attached hydrogens (tertiary/aromatic N) is 2. The summed E-state index contributed by atoms with van der Waals surface area (Å²) in [6, 6.07) is 1.35. The van der Waals surface area contributed by atoms with Crippen LogP contribution in [0.3, 0.4) is 0 Å². The first-order valence-electron chi connectivity index (χ1n) is 5.98. The number of halogens is 1. The van der Waals surface area contributed by atoms with Crippen LogP contribution in [0.25, 0.3) is 0 Å². The number of rotatable bonds is 6. The van der Waals surface area contributed by atoms with Gasteiger partial charge in [-0.05, 0) is 22.0 Å². The van der Waals surface area contributed by atoms with Gasteiger partial charge in [0.15, 0.2) is 5.13 Å². The van der Waals surface area contributed by atoms with Crippen molar-refractivity contribution in [1.82, 2.24) is 14.7 Å². The third kappa shape index (κ3) is 4.47. The second kappa shape index (κ2) is 7.13. The Labute approximate surface area is 139 Å². The van der Waals surface area contributed by atoms with Gasteiger partial charge in [0.05, 0.1) is 0 Å². The number of hydrogen-bond donors (Lipinski definition) is 3. The number of amides is 1. The van der Waals surface area contributed by atoms with E-state index in [-0.39, 0.29) is 29.6 Å². The number of anilines is 2. The third-order valence-electron chi connectivity index (χ3n) is 2.46. The highest BCUT2D eigenvalue weighted by atomic mass is 79.9. The summed E-state index contributed by atoms with van der Waals surface area (Å²) in [6.45, 7) is -0.0640. The van der Waals surface area contributed by atoms with Gasteiger partial charge in [0.25, 0.3) is 0 Å². The highest BCUT2D eigenvalue weighted by molar-refractivity contribution is 9.10. The molecule has 0 atom stereocenters. The molecule has 0 saturated carbocycles. The Bertz CT molecular complexity index is 764. The van der Waals surface area contributed by atoms with E-state index in [0.717, 1.165) is 0 Å². The van der Waals surface area contributed by atoms with E-state index in [1.54, 1.807) is 11.6 Å². The number of carbonyl (C=O) groups excluding carboxylic acids is 1. The molecule has 2 rings (SSSR count). The number of aromatic nitrogens is 2. The zero-order chi connectivity index (χ0) is 16.2. The van der Waals surface area contributed by atoms with E-state index in [1.165, 1.54) is 23.6 Å². The Kier molecular flexibility index (Phi) is 5.45. The molecule has 118 valence electrons. The summed E-state index contributed by atoms with van der Waals surface area (Å²) in [6.07, 6.45) is 2.93. The highest BCUT2D eigenvalue weighted by Gasteiger charge is 2.19. The Morgan fingerprint density at radius 3 is 2.86 bits per heavy atom. The number of carbonyl (C=O) groups is 1. The molecule has 22 heavy (non-hydrogen) atoms. The first kappa shape index (κ1) is 16.8. The van der Waals surface area contributed by atoms with Crippen LogP contribution in [-0.2, 0) is 14.8 Å². The zero-order valence-corrected chi connectivity index (χ0v) is 14.3. The lowest BCUT2D eigenvalue weighted by molar-refractivity contribution is -0.116. The zero-order valence-electron chi connectivity index (χ0n) is 11.1. The van der Waals surface area contributed by atoms with E-state index in [2.05, 4.69) is 35.9 Å². The summed E-state index contributed by atoms with van der Waals surface area (Å²) in [7, 11) is -3.83. The van der Waals surface area contributed by atoms with E-state index in [4.69, 9.17) is 5.73 Å². The predicted molar refractivity (Wildman–Crippen MR) is 86.9 cm³/mol. The maximum absolute atomic E-state index is 12.1. The van der Waals surface area contributed by atoms with Crippen LogP contribution in [-0.4, -0.2) is 30.8 Å². The minimum atomic E-state index is -3.83. The minimum Gasteiger partial charge on any atom is -0.383 e. The number of hydrogen-bond acceptors (Lipinski definition) is 7. The molecule has 0 aliphatic heterocycles. The molecule has 0 radical (unpaired) electrons. The molecular formula is C11H12BrN5O3S2. The summed E-state index contributed by atoms with van der Waals surface area (Å²) in [5.41, 5.74) is 5.56. The topological polar surface area (TPSA) is 127 Å². The number of nitrogens with two attached hydrogens (primary N) is 1. The van der Waals surface area contributed by atoms with E-state index in [9.17, 15) is 13.2 Å². The molecule has 0 fully saturated rings. The van der Waals surface area contributed by atoms with Crippen molar-refractivity contribution in [3.8, 4) is 0 Å². The van der Waals surface area contributed by atoms with Gasteiger partial charge in [0, 0.05) is 35.2 Å². The van der Waals surface area contributed by atoms with Crippen molar-refractivity contribution in [1.29, 1.82) is 0 Å². The van der Waals surface area contributed by atoms with Gasteiger partial charge >= 0.3 is 0 Å². The monoisotopic (exact) mass is 405 g/mol. The molecule has 8 nitrogen and oxygen atoms in total. The second-order valence-corrected chi connectivity index (χ2v) is 7.62. The molecule has 4 N–H and O–H groups in total. The Balaban J connectivity index is 1.92. The molecule has 0 bridgehead atoms. The fourth-order valence-corrected chi connectivity index (χ4v) is 3.65. The number of thiazole rings is 1. The van der Waals surface area contributed by atoms with Gasteiger partial charge in [-0.3, -0.25) is 4.79 Å². The molecule has 0 aliphatic rings. The average molecular weight is 406 g/mol. The van der Waals surface area contributed by atoms with E-state index < -0.39 is 10.0 Å². The molecule has 2 aromatic rings. The summed E-state index contributed by atoms with van der Waals surface area (Å²) in [4.78, 5) is 19.2. The summed E-state index contributed by atoms with van der Waals surface area (Å²) in [5, 5.41) is 4.75. The van der Waals surface area contributed by atoms with Crippen molar-refractivity contribution in [2.45, 2.75) is 11.3 Å². The molecule has 2 aromatic heterocycles. The molecule has 11 heteroatoms. The molecule has 0 saturated heterocycles. The normalized spacial score (nSPS) is 11.3. The smallest absolute Gasteiger partial charge is 0.244 e. The molecule has 0 unspecified atom stereocenters.